The number of carbonyl (C=O) groups excluding carboxylic acids is 2. The Hall–Kier alpha value is -2.91. The molecule has 2 saturated heterocycles. The van der Waals surface area contributed by atoms with Crippen molar-refractivity contribution in [3.63, 3.8) is 0 Å². The molecule has 1 atom stereocenters. The van der Waals surface area contributed by atoms with E-state index in [1.807, 2.05) is 19.1 Å². The molecule has 4 rings (SSSR count). The molecule has 2 aliphatic heterocycles. The summed E-state index contributed by atoms with van der Waals surface area (Å²) in [5.41, 5.74) is 1.83. The molecule has 2 fully saturated rings. The molecule has 0 aromatic heterocycles. The number of aryl methyl sites for hydroxylation is 1. The van der Waals surface area contributed by atoms with Gasteiger partial charge in [0, 0.05) is 31.7 Å². The Labute approximate surface area is 194 Å². The highest BCUT2D eigenvalue weighted by Gasteiger charge is 2.36. The van der Waals surface area contributed by atoms with Crippen molar-refractivity contribution in [2.45, 2.75) is 37.5 Å². The van der Waals surface area contributed by atoms with Gasteiger partial charge in [-0.05, 0) is 49.6 Å². The molecule has 0 aliphatic carbocycles. The van der Waals surface area contributed by atoms with Crippen LogP contribution in [0.5, 0.6) is 5.75 Å². The topological polar surface area (TPSA) is 96.0 Å². The molecule has 0 saturated carbocycles. The first-order valence-corrected chi connectivity index (χ1v) is 12.6. The smallest absolute Gasteiger partial charge is 0.243 e. The highest BCUT2D eigenvalue weighted by molar-refractivity contribution is 7.89. The minimum absolute atomic E-state index is 0.0781. The molecule has 0 unspecified atom stereocenters. The zero-order chi connectivity index (χ0) is 23.6. The number of benzene rings is 2. The molecule has 2 aromatic rings. The van der Waals surface area contributed by atoms with E-state index in [1.165, 1.54) is 17.5 Å². The molecule has 9 heteroatoms. The fourth-order valence-electron chi connectivity index (χ4n) is 4.35. The van der Waals surface area contributed by atoms with E-state index in [0.29, 0.717) is 30.2 Å². The van der Waals surface area contributed by atoms with Gasteiger partial charge < -0.3 is 15.0 Å². The number of hydrogen-bond acceptors (Lipinski definition) is 5. The number of para-hydroxylation sites is 2. The second-order valence-corrected chi connectivity index (χ2v) is 10.4. The molecule has 2 aromatic carbocycles. The third-order valence-corrected chi connectivity index (χ3v) is 8.19. The van der Waals surface area contributed by atoms with Crippen LogP contribution in [0, 0.1) is 12.8 Å². The van der Waals surface area contributed by atoms with Crippen molar-refractivity contribution in [1.82, 2.24) is 4.31 Å². The standard InChI is InChI=1S/C24H29N3O5S/c1-17-10-11-19(33(30,31)26-12-6-3-7-13-26)15-20(17)25-24(29)18-14-23(28)27(16-18)21-8-4-5-9-22(21)32-2/h4-5,8-11,15,18H,3,6-7,12-14,16H2,1-2H3,(H,25,29)/t18-/m1/s1. The summed E-state index contributed by atoms with van der Waals surface area (Å²) in [6.07, 6.45) is 2.82. The number of rotatable bonds is 6. The van der Waals surface area contributed by atoms with Crippen molar-refractivity contribution in [3.8, 4) is 5.75 Å². The Balaban J connectivity index is 1.51. The minimum Gasteiger partial charge on any atom is -0.495 e. The summed E-state index contributed by atoms with van der Waals surface area (Å²) >= 11 is 0. The lowest BCUT2D eigenvalue weighted by Gasteiger charge is -2.26. The Bertz CT molecular complexity index is 1160. The van der Waals surface area contributed by atoms with E-state index in [0.717, 1.165) is 24.8 Å². The number of methoxy groups -OCH3 is 1. The quantitative estimate of drug-likeness (QED) is 0.698. The lowest BCUT2D eigenvalue weighted by molar-refractivity contribution is -0.122. The predicted octanol–water partition coefficient (Wildman–Crippen LogP) is 3.17. The second kappa shape index (κ2) is 9.52. The minimum atomic E-state index is -3.61. The molecule has 176 valence electrons. The largest absolute Gasteiger partial charge is 0.495 e. The number of nitrogens with one attached hydrogen (secondary N) is 1. The highest BCUT2D eigenvalue weighted by atomic mass is 32.2. The summed E-state index contributed by atoms with van der Waals surface area (Å²) in [6, 6.07) is 12.0. The van der Waals surface area contributed by atoms with Crippen LogP contribution in [0.3, 0.4) is 0 Å². The molecule has 0 radical (unpaired) electrons. The van der Waals surface area contributed by atoms with Gasteiger partial charge in [0.1, 0.15) is 5.75 Å². The highest BCUT2D eigenvalue weighted by Crippen LogP contribution is 2.33. The lowest BCUT2D eigenvalue weighted by Crippen LogP contribution is -2.35. The number of amides is 2. The molecule has 0 spiro atoms. The first kappa shape index (κ1) is 23.3. The van der Waals surface area contributed by atoms with Crippen molar-refractivity contribution >= 4 is 33.2 Å². The van der Waals surface area contributed by atoms with E-state index < -0.39 is 15.9 Å². The van der Waals surface area contributed by atoms with Crippen LogP contribution in [-0.2, 0) is 19.6 Å². The van der Waals surface area contributed by atoms with Crippen LogP contribution in [0.25, 0.3) is 0 Å². The van der Waals surface area contributed by atoms with E-state index in [4.69, 9.17) is 4.74 Å². The zero-order valence-electron chi connectivity index (χ0n) is 18.9. The summed E-state index contributed by atoms with van der Waals surface area (Å²) < 4.78 is 33.0. The van der Waals surface area contributed by atoms with Crippen LogP contribution in [0.2, 0.25) is 0 Å². The van der Waals surface area contributed by atoms with E-state index in [9.17, 15) is 18.0 Å². The van der Waals surface area contributed by atoms with E-state index in [2.05, 4.69) is 5.32 Å². The Morgan fingerprint density at radius 2 is 1.82 bits per heavy atom. The fraction of sp³-hybridized carbons (Fsp3) is 0.417. The van der Waals surface area contributed by atoms with Gasteiger partial charge in [-0.1, -0.05) is 24.6 Å². The molecule has 2 aliphatic rings. The van der Waals surface area contributed by atoms with Crippen LogP contribution in [0.1, 0.15) is 31.2 Å². The third kappa shape index (κ3) is 4.74. The lowest BCUT2D eigenvalue weighted by atomic mass is 10.1. The van der Waals surface area contributed by atoms with Crippen molar-refractivity contribution in [2.75, 3.05) is 37.0 Å². The van der Waals surface area contributed by atoms with E-state index >= 15 is 0 Å². The normalized spacial score (nSPS) is 19.5. The van der Waals surface area contributed by atoms with Gasteiger partial charge in [-0.2, -0.15) is 4.31 Å². The number of ether oxygens (including phenoxy) is 1. The average Bonchev–Trinajstić information content (AvgIpc) is 3.22. The molecular formula is C24H29N3O5S. The van der Waals surface area contributed by atoms with Crippen molar-refractivity contribution in [1.29, 1.82) is 0 Å². The Morgan fingerprint density at radius 1 is 1.09 bits per heavy atom. The maximum absolute atomic E-state index is 13.0. The summed E-state index contributed by atoms with van der Waals surface area (Å²) in [7, 11) is -2.07. The van der Waals surface area contributed by atoms with Gasteiger partial charge in [0.15, 0.2) is 0 Å². The van der Waals surface area contributed by atoms with E-state index in [1.54, 1.807) is 29.2 Å². The molecule has 2 amide bonds. The van der Waals surface area contributed by atoms with Gasteiger partial charge in [0.05, 0.1) is 23.6 Å². The number of carbonyl (C=O) groups is 2. The van der Waals surface area contributed by atoms with Crippen LogP contribution >= 0.6 is 0 Å². The van der Waals surface area contributed by atoms with Crippen LogP contribution in [-0.4, -0.2) is 51.3 Å². The number of nitrogens with zero attached hydrogens (tertiary/aromatic N) is 2. The SMILES string of the molecule is COc1ccccc1N1C[C@H](C(=O)Nc2cc(S(=O)(=O)N3CCCCC3)ccc2C)CC1=O. The average molecular weight is 472 g/mol. The van der Waals surface area contributed by atoms with Gasteiger partial charge in [-0.15, -0.1) is 0 Å². The number of anilines is 2. The zero-order valence-corrected chi connectivity index (χ0v) is 19.7. The maximum Gasteiger partial charge on any atom is 0.243 e. The van der Waals surface area contributed by atoms with Crippen molar-refractivity contribution in [2.24, 2.45) is 5.92 Å². The third-order valence-electron chi connectivity index (χ3n) is 6.29. The van der Waals surface area contributed by atoms with E-state index in [-0.39, 0.29) is 29.7 Å². The molecule has 33 heavy (non-hydrogen) atoms. The second-order valence-electron chi connectivity index (χ2n) is 8.51. The summed E-state index contributed by atoms with van der Waals surface area (Å²) in [4.78, 5) is 27.4. The predicted molar refractivity (Wildman–Crippen MR) is 126 cm³/mol. The monoisotopic (exact) mass is 471 g/mol. The van der Waals surface area contributed by atoms with Crippen LogP contribution < -0.4 is 15.0 Å². The van der Waals surface area contributed by atoms with Gasteiger partial charge in [0.25, 0.3) is 0 Å². The Kier molecular flexibility index (Phi) is 6.71. The number of hydrogen-bond donors (Lipinski definition) is 1. The molecule has 2 heterocycles. The van der Waals surface area contributed by atoms with Gasteiger partial charge in [0.2, 0.25) is 21.8 Å². The first-order valence-electron chi connectivity index (χ1n) is 11.2. The summed E-state index contributed by atoms with van der Waals surface area (Å²) in [5.74, 6) is -0.447. The van der Waals surface area contributed by atoms with Gasteiger partial charge >= 0.3 is 0 Å². The molecule has 1 N–H and O–H groups in total. The molecule has 0 bridgehead atoms. The first-order chi connectivity index (χ1) is 15.8. The van der Waals surface area contributed by atoms with Gasteiger partial charge in [-0.3, -0.25) is 9.59 Å². The Morgan fingerprint density at radius 3 is 2.55 bits per heavy atom. The number of sulfonamides is 1. The maximum atomic E-state index is 13.0. The fourth-order valence-corrected chi connectivity index (χ4v) is 5.90. The van der Waals surface area contributed by atoms with Crippen LogP contribution in [0.15, 0.2) is 47.4 Å². The summed E-state index contributed by atoms with van der Waals surface area (Å²) in [5, 5.41) is 2.86. The molecular weight excluding hydrogens is 442 g/mol. The molecule has 8 nitrogen and oxygen atoms in total. The number of piperidine rings is 1. The van der Waals surface area contributed by atoms with Crippen molar-refractivity contribution in [3.05, 3.63) is 48.0 Å². The van der Waals surface area contributed by atoms with Gasteiger partial charge in [-0.25, -0.2) is 8.42 Å². The van der Waals surface area contributed by atoms with Crippen molar-refractivity contribution < 1.29 is 22.7 Å². The summed E-state index contributed by atoms with van der Waals surface area (Å²) in [6.45, 7) is 3.07. The van der Waals surface area contributed by atoms with Crippen LogP contribution in [0.4, 0.5) is 11.4 Å².